The summed E-state index contributed by atoms with van der Waals surface area (Å²) < 4.78 is 5.20. The zero-order valence-electron chi connectivity index (χ0n) is 12.2. The van der Waals surface area contributed by atoms with Crippen LogP contribution in [-0.2, 0) is 0 Å². The molecule has 0 spiro atoms. The summed E-state index contributed by atoms with van der Waals surface area (Å²) in [6, 6.07) is 6.09. The zero-order chi connectivity index (χ0) is 14.9. The summed E-state index contributed by atoms with van der Waals surface area (Å²) in [5, 5.41) is 7.43. The fourth-order valence-electron chi connectivity index (χ4n) is 2.46. The first-order valence-electron chi connectivity index (χ1n) is 6.50. The maximum atomic E-state index is 5.67. The summed E-state index contributed by atoms with van der Waals surface area (Å²) in [6.45, 7) is 7.96. The van der Waals surface area contributed by atoms with E-state index in [1.54, 1.807) is 0 Å². The summed E-state index contributed by atoms with van der Waals surface area (Å²) in [7, 11) is 0. The van der Waals surface area contributed by atoms with E-state index in [0.29, 0.717) is 4.99 Å². The summed E-state index contributed by atoms with van der Waals surface area (Å²) >= 11 is 5.02. The molecule has 1 aromatic heterocycles. The first-order valence-corrected chi connectivity index (χ1v) is 6.90. The molecule has 1 heterocycles. The first-order chi connectivity index (χ1) is 9.40. The van der Waals surface area contributed by atoms with Gasteiger partial charge in [-0.3, -0.25) is 0 Å². The quantitative estimate of drug-likeness (QED) is 0.844. The Morgan fingerprint density at radius 1 is 1.35 bits per heavy atom. The highest BCUT2D eigenvalue weighted by Crippen LogP contribution is 2.25. The van der Waals surface area contributed by atoms with Crippen molar-refractivity contribution in [2.75, 3.05) is 5.32 Å². The molecule has 1 aromatic carbocycles. The molecule has 0 bridgehead atoms. The van der Waals surface area contributed by atoms with Crippen LogP contribution in [0.2, 0.25) is 0 Å². The number of rotatable bonds is 4. The maximum Gasteiger partial charge on any atom is 0.139 e. The molecule has 0 radical (unpaired) electrons. The third-order valence-corrected chi connectivity index (χ3v) is 3.62. The van der Waals surface area contributed by atoms with Gasteiger partial charge in [0.2, 0.25) is 0 Å². The van der Waals surface area contributed by atoms with Crippen molar-refractivity contribution >= 4 is 22.9 Å². The molecule has 20 heavy (non-hydrogen) atoms. The molecule has 2 rings (SSSR count). The predicted octanol–water partition coefficient (Wildman–Crippen LogP) is 3.41. The molecule has 0 saturated heterocycles. The number of aromatic nitrogens is 1. The third-order valence-electron chi connectivity index (χ3n) is 3.40. The largest absolute Gasteiger partial charge is 0.389 e. The summed E-state index contributed by atoms with van der Waals surface area (Å²) in [6.07, 6.45) is 0. The minimum absolute atomic E-state index is 0.122. The van der Waals surface area contributed by atoms with Crippen molar-refractivity contribution in [2.24, 2.45) is 5.73 Å². The topological polar surface area (TPSA) is 64.1 Å². The highest BCUT2D eigenvalue weighted by Gasteiger charge is 2.16. The van der Waals surface area contributed by atoms with E-state index in [1.807, 2.05) is 39.0 Å². The Labute approximate surface area is 124 Å². The minimum atomic E-state index is 0.122. The van der Waals surface area contributed by atoms with Crippen LogP contribution in [0.25, 0.3) is 0 Å². The van der Waals surface area contributed by atoms with Crippen LogP contribution in [0.5, 0.6) is 0 Å². The molecule has 0 aliphatic heterocycles. The Balaban J connectivity index is 2.22. The molecule has 0 aliphatic rings. The van der Waals surface area contributed by atoms with E-state index >= 15 is 0 Å². The fourth-order valence-corrected chi connectivity index (χ4v) is 2.69. The molecule has 0 aliphatic carbocycles. The second-order valence-electron chi connectivity index (χ2n) is 5.00. The lowest BCUT2D eigenvalue weighted by molar-refractivity contribution is 0.392. The van der Waals surface area contributed by atoms with Crippen molar-refractivity contribution in [2.45, 2.75) is 33.7 Å². The van der Waals surface area contributed by atoms with E-state index in [2.05, 4.69) is 17.4 Å². The van der Waals surface area contributed by atoms with Gasteiger partial charge in [-0.05, 0) is 51.5 Å². The summed E-state index contributed by atoms with van der Waals surface area (Å²) in [4.78, 5) is 0.424. The van der Waals surface area contributed by atoms with Crippen molar-refractivity contribution in [3.8, 4) is 0 Å². The van der Waals surface area contributed by atoms with Crippen LogP contribution in [0, 0.1) is 20.8 Å². The molecular formula is C15H19N3OS. The predicted molar refractivity (Wildman–Crippen MR) is 85.1 cm³/mol. The van der Waals surface area contributed by atoms with Gasteiger partial charge in [-0.2, -0.15) is 0 Å². The van der Waals surface area contributed by atoms with Gasteiger partial charge < -0.3 is 15.6 Å². The lowest BCUT2D eigenvalue weighted by Crippen LogP contribution is -2.12. The van der Waals surface area contributed by atoms with Gasteiger partial charge in [-0.15, -0.1) is 0 Å². The van der Waals surface area contributed by atoms with Gasteiger partial charge in [0.1, 0.15) is 10.7 Å². The van der Waals surface area contributed by atoms with Crippen LogP contribution in [0.4, 0.5) is 5.69 Å². The van der Waals surface area contributed by atoms with Crippen LogP contribution >= 0.6 is 12.2 Å². The second-order valence-corrected chi connectivity index (χ2v) is 5.44. The van der Waals surface area contributed by atoms with Crippen molar-refractivity contribution in [1.82, 2.24) is 5.16 Å². The van der Waals surface area contributed by atoms with Crippen molar-refractivity contribution in [3.05, 3.63) is 46.3 Å². The van der Waals surface area contributed by atoms with E-state index in [0.717, 1.165) is 33.8 Å². The lowest BCUT2D eigenvalue weighted by atomic mass is 10.0. The molecule has 4 nitrogen and oxygen atoms in total. The summed E-state index contributed by atoms with van der Waals surface area (Å²) in [5.41, 5.74) is 10.7. The van der Waals surface area contributed by atoms with Gasteiger partial charge in [-0.25, -0.2) is 0 Å². The Hall–Kier alpha value is -1.88. The van der Waals surface area contributed by atoms with Crippen LogP contribution in [0.3, 0.4) is 0 Å². The Morgan fingerprint density at radius 3 is 2.55 bits per heavy atom. The average molecular weight is 289 g/mol. The van der Waals surface area contributed by atoms with Crippen LogP contribution in [-0.4, -0.2) is 10.1 Å². The lowest BCUT2D eigenvalue weighted by Gasteiger charge is -2.16. The molecule has 5 heteroatoms. The fraction of sp³-hybridized carbons (Fsp3) is 0.333. The van der Waals surface area contributed by atoms with E-state index in [4.69, 9.17) is 22.5 Å². The van der Waals surface area contributed by atoms with Gasteiger partial charge in [-0.1, -0.05) is 17.4 Å². The van der Waals surface area contributed by atoms with E-state index in [-0.39, 0.29) is 6.04 Å². The Bertz CT molecular complexity index is 629. The van der Waals surface area contributed by atoms with Crippen LogP contribution < -0.4 is 11.1 Å². The standard InChI is InChI=1S/C15H19N3OS/c1-8-7-12(5-6-13(8)15(16)20)17-9(2)14-10(3)18-19-11(14)4/h5-7,9,17H,1-4H3,(H2,16,20). The molecule has 0 saturated carbocycles. The molecule has 2 aromatic rings. The molecular weight excluding hydrogens is 270 g/mol. The van der Waals surface area contributed by atoms with Gasteiger partial charge >= 0.3 is 0 Å². The normalized spacial score (nSPS) is 12.2. The average Bonchev–Trinajstić information content (AvgIpc) is 2.68. The van der Waals surface area contributed by atoms with Gasteiger partial charge in [0.15, 0.2) is 0 Å². The monoisotopic (exact) mass is 289 g/mol. The maximum absolute atomic E-state index is 5.67. The minimum Gasteiger partial charge on any atom is -0.389 e. The molecule has 1 unspecified atom stereocenters. The number of nitrogens with zero attached hydrogens (tertiary/aromatic N) is 1. The molecule has 1 atom stereocenters. The number of hydrogen-bond donors (Lipinski definition) is 2. The number of nitrogens with one attached hydrogen (secondary N) is 1. The number of anilines is 1. The second kappa shape index (κ2) is 5.63. The van der Waals surface area contributed by atoms with Gasteiger partial charge in [0.05, 0.1) is 11.7 Å². The highest BCUT2D eigenvalue weighted by atomic mass is 32.1. The number of thiocarbonyl (C=S) groups is 1. The zero-order valence-corrected chi connectivity index (χ0v) is 13.0. The number of hydrogen-bond acceptors (Lipinski definition) is 4. The van der Waals surface area contributed by atoms with Crippen molar-refractivity contribution in [1.29, 1.82) is 0 Å². The van der Waals surface area contributed by atoms with E-state index in [9.17, 15) is 0 Å². The summed E-state index contributed by atoms with van der Waals surface area (Å²) in [5.74, 6) is 0.846. The Morgan fingerprint density at radius 2 is 2.05 bits per heavy atom. The van der Waals surface area contributed by atoms with Gasteiger partial charge in [0, 0.05) is 16.8 Å². The molecule has 106 valence electrons. The van der Waals surface area contributed by atoms with E-state index in [1.165, 1.54) is 0 Å². The van der Waals surface area contributed by atoms with E-state index < -0.39 is 0 Å². The highest BCUT2D eigenvalue weighted by molar-refractivity contribution is 7.80. The SMILES string of the molecule is Cc1cc(NC(C)c2c(C)noc2C)ccc1C(N)=S. The molecule has 0 amide bonds. The number of nitrogens with two attached hydrogens (primary N) is 1. The smallest absolute Gasteiger partial charge is 0.139 e. The number of aryl methyl sites for hydroxylation is 3. The van der Waals surface area contributed by atoms with Crippen molar-refractivity contribution < 1.29 is 4.52 Å². The molecule has 3 N–H and O–H groups in total. The third kappa shape index (κ3) is 2.82. The van der Waals surface area contributed by atoms with Crippen molar-refractivity contribution in [3.63, 3.8) is 0 Å². The number of benzene rings is 1. The first kappa shape index (κ1) is 14.5. The van der Waals surface area contributed by atoms with Gasteiger partial charge in [0.25, 0.3) is 0 Å². The van der Waals surface area contributed by atoms with Crippen LogP contribution in [0.1, 0.15) is 41.1 Å². The molecule has 0 fully saturated rings. The van der Waals surface area contributed by atoms with Crippen LogP contribution in [0.15, 0.2) is 22.7 Å². The Kier molecular flexibility index (Phi) is 4.09.